The summed E-state index contributed by atoms with van der Waals surface area (Å²) in [5.41, 5.74) is 1.81. The Morgan fingerprint density at radius 2 is 1.97 bits per heavy atom. The third-order valence-corrected chi connectivity index (χ3v) is 7.89. The standard InChI is InChI=1S/C24H31NO4S2/c1-3-4-5-8-20(26)17-10-12-18(13-11-17)25-22(27)16-30-23(25)9-6-7-19-14-15-21(31-19)24(28)29-2/h10-15,20,23,26H,3-9,16H2,1-2H3. The average Bonchev–Trinajstić information content (AvgIpc) is 3.40. The molecule has 31 heavy (non-hydrogen) atoms. The number of thioether (sulfide) groups is 1. The molecule has 0 saturated carbocycles. The van der Waals surface area contributed by atoms with Crippen LogP contribution in [0.2, 0.25) is 0 Å². The van der Waals surface area contributed by atoms with Gasteiger partial charge in [0.25, 0.3) is 0 Å². The number of aliphatic hydroxyl groups excluding tert-OH is 1. The first-order valence-electron chi connectivity index (χ1n) is 10.9. The molecule has 3 rings (SSSR count). The van der Waals surface area contributed by atoms with Crippen LogP contribution in [0.5, 0.6) is 0 Å². The molecular formula is C24H31NO4S2. The van der Waals surface area contributed by atoms with Crippen molar-refractivity contribution in [3.63, 3.8) is 0 Å². The Kier molecular flexibility index (Phi) is 8.99. The van der Waals surface area contributed by atoms with Crippen LogP contribution in [-0.2, 0) is 16.0 Å². The van der Waals surface area contributed by atoms with Gasteiger partial charge in [0, 0.05) is 10.6 Å². The van der Waals surface area contributed by atoms with Crippen molar-refractivity contribution >= 4 is 40.7 Å². The van der Waals surface area contributed by atoms with Gasteiger partial charge < -0.3 is 9.84 Å². The second-order valence-corrected chi connectivity index (χ2v) is 10.1. The number of aryl methyl sites for hydroxylation is 1. The maximum Gasteiger partial charge on any atom is 0.348 e. The predicted molar refractivity (Wildman–Crippen MR) is 128 cm³/mol. The summed E-state index contributed by atoms with van der Waals surface area (Å²) in [6, 6.07) is 11.6. The number of hydrogen-bond donors (Lipinski definition) is 1. The number of carbonyl (C=O) groups excluding carboxylic acids is 2. The third-order valence-electron chi connectivity index (χ3n) is 5.52. The maximum absolute atomic E-state index is 12.5. The Morgan fingerprint density at radius 3 is 2.68 bits per heavy atom. The first-order valence-corrected chi connectivity index (χ1v) is 12.8. The number of anilines is 1. The Balaban J connectivity index is 1.55. The van der Waals surface area contributed by atoms with E-state index in [1.807, 2.05) is 41.3 Å². The lowest BCUT2D eigenvalue weighted by atomic mass is 10.0. The summed E-state index contributed by atoms with van der Waals surface area (Å²) in [6.45, 7) is 2.16. The minimum Gasteiger partial charge on any atom is -0.465 e. The van der Waals surface area contributed by atoms with Crippen molar-refractivity contribution in [2.24, 2.45) is 0 Å². The number of esters is 1. The summed E-state index contributed by atoms with van der Waals surface area (Å²) in [5, 5.41) is 10.5. The summed E-state index contributed by atoms with van der Waals surface area (Å²) in [7, 11) is 1.39. The summed E-state index contributed by atoms with van der Waals surface area (Å²) >= 11 is 3.15. The molecule has 0 bridgehead atoms. The first-order chi connectivity index (χ1) is 15.0. The van der Waals surface area contributed by atoms with Gasteiger partial charge in [0.05, 0.1) is 24.3 Å². The van der Waals surface area contributed by atoms with Crippen molar-refractivity contribution in [1.82, 2.24) is 0 Å². The topological polar surface area (TPSA) is 66.8 Å². The summed E-state index contributed by atoms with van der Waals surface area (Å²) in [6.07, 6.45) is 6.33. The van der Waals surface area contributed by atoms with Crippen LogP contribution >= 0.6 is 23.1 Å². The quantitative estimate of drug-likeness (QED) is 0.350. The molecule has 7 heteroatoms. The molecule has 1 aliphatic heterocycles. The molecule has 1 aliphatic rings. The van der Waals surface area contributed by atoms with E-state index in [2.05, 4.69) is 6.92 Å². The molecule has 2 aromatic rings. The van der Waals surface area contributed by atoms with Gasteiger partial charge >= 0.3 is 5.97 Å². The van der Waals surface area contributed by atoms with Crippen molar-refractivity contribution in [1.29, 1.82) is 0 Å². The van der Waals surface area contributed by atoms with E-state index >= 15 is 0 Å². The fourth-order valence-electron chi connectivity index (χ4n) is 3.78. The van der Waals surface area contributed by atoms with Gasteiger partial charge in [0.2, 0.25) is 5.91 Å². The Hall–Kier alpha value is -1.83. The molecular weight excluding hydrogens is 430 g/mol. The minimum atomic E-state index is -0.444. The Labute approximate surface area is 192 Å². The second-order valence-electron chi connectivity index (χ2n) is 7.78. The molecule has 0 radical (unpaired) electrons. The van der Waals surface area contributed by atoms with Crippen molar-refractivity contribution in [2.75, 3.05) is 17.8 Å². The minimum absolute atomic E-state index is 0.118. The molecule has 5 nitrogen and oxygen atoms in total. The van der Waals surface area contributed by atoms with Crippen LogP contribution in [-0.4, -0.2) is 35.2 Å². The van der Waals surface area contributed by atoms with Crippen LogP contribution < -0.4 is 4.90 Å². The zero-order valence-electron chi connectivity index (χ0n) is 18.2. The van der Waals surface area contributed by atoms with E-state index in [9.17, 15) is 14.7 Å². The lowest BCUT2D eigenvalue weighted by Gasteiger charge is -2.24. The van der Waals surface area contributed by atoms with E-state index in [1.165, 1.54) is 18.4 Å². The van der Waals surface area contributed by atoms with Gasteiger partial charge in [-0.2, -0.15) is 0 Å². The number of carbonyl (C=O) groups is 2. The van der Waals surface area contributed by atoms with Gasteiger partial charge in [0.15, 0.2) is 0 Å². The largest absolute Gasteiger partial charge is 0.465 e. The van der Waals surface area contributed by atoms with Gasteiger partial charge in [-0.15, -0.1) is 23.1 Å². The molecule has 2 unspecified atom stereocenters. The van der Waals surface area contributed by atoms with Crippen molar-refractivity contribution in [2.45, 2.75) is 63.3 Å². The number of nitrogens with zero attached hydrogens (tertiary/aromatic N) is 1. The van der Waals surface area contributed by atoms with E-state index in [-0.39, 0.29) is 17.3 Å². The Bertz CT molecular complexity index is 865. The van der Waals surface area contributed by atoms with Crippen LogP contribution in [0.3, 0.4) is 0 Å². The third kappa shape index (κ3) is 6.34. The number of aliphatic hydroxyl groups is 1. The molecule has 1 saturated heterocycles. The molecule has 1 aromatic heterocycles. The highest BCUT2D eigenvalue weighted by Gasteiger charge is 2.32. The Morgan fingerprint density at radius 1 is 1.19 bits per heavy atom. The molecule has 1 amide bonds. The molecule has 1 N–H and O–H groups in total. The highest BCUT2D eigenvalue weighted by atomic mass is 32.2. The van der Waals surface area contributed by atoms with E-state index in [0.29, 0.717) is 10.6 Å². The van der Waals surface area contributed by atoms with Gasteiger partial charge in [-0.1, -0.05) is 38.3 Å². The van der Waals surface area contributed by atoms with Gasteiger partial charge in [-0.25, -0.2) is 4.79 Å². The van der Waals surface area contributed by atoms with Crippen molar-refractivity contribution < 1.29 is 19.4 Å². The van der Waals surface area contributed by atoms with Gasteiger partial charge in [-0.05, 0) is 55.5 Å². The lowest BCUT2D eigenvalue weighted by Crippen LogP contribution is -2.32. The van der Waals surface area contributed by atoms with E-state index in [1.54, 1.807) is 11.8 Å². The fraction of sp³-hybridized carbons (Fsp3) is 0.500. The van der Waals surface area contributed by atoms with Crippen LogP contribution in [0, 0.1) is 0 Å². The van der Waals surface area contributed by atoms with E-state index in [0.717, 1.165) is 61.1 Å². The molecule has 0 aliphatic carbocycles. The summed E-state index contributed by atoms with van der Waals surface area (Å²) < 4.78 is 4.77. The van der Waals surface area contributed by atoms with Crippen LogP contribution in [0.4, 0.5) is 5.69 Å². The second kappa shape index (κ2) is 11.7. The molecule has 168 valence electrons. The number of ether oxygens (including phenoxy) is 1. The van der Waals surface area contributed by atoms with Gasteiger partial charge in [0.1, 0.15) is 4.88 Å². The van der Waals surface area contributed by atoms with Crippen molar-refractivity contribution in [3.05, 3.63) is 51.7 Å². The number of benzene rings is 1. The molecule has 2 heterocycles. The SMILES string of the molecule is CCCCCC(O)c1ccc(N2C(=O)CSC2CCCc2ccc(C(=O)OC)s2)cc1. The van der Waals surface area contributed by atoms with Gasteiger partial charge in [-0.3, -0.25) is 9.69 Å². The number of methoxy groups -OCH3 is 1. The normalized spacial score (nSPS) is 17.2. The fourth-order valence-corrected chi connectivity index (χ4v) is 5.94. The summed E-state index contributed by atoms with van der Waals surface area (Å²) in [4.78, 5) is 27.8. The zero-order valence-corrected chi connectivity index (χ0v) is 19.8. The summed E-state index contributed by atoms with van der Waals surface area (Å²) in [5.74, 6) is 0.339. The smallest absolute Gasteiger partial charge is 0.348 e. The van der Waals surface area contributed by atoms with E-state index < -0.39 is 6.10 Å². The molecule has 0 spiro atoms. The molecule has 1 fully saturated rings. The molecule has 1 aromatic carbocycles. The zero-order chi connectivity index (χ0) is 22.2. The number of unbranched alkanes of at least 4 members (excludes halogenated alkanes) is 2. The maximum atomic E-state index is 12.5. The predicted octanol–water partition coefficient (Wildman–Crippen LogP) is 5.58. The lowest BCUT2D eigenvalue weighted by molar-refractivity contribution is -0.115. The van der Waals surface area contributed by atoms with Crippen molar-refractivity contribution in [3.8, 4) is 0 Å². The number of rotatable bonds is 11. The highest BCUT2D eigenvalue weighted by Crippen LogP contribution is 2.34. The van der Waals surface area contributed by atoms with Crippen LogP contribution in [0.1, 0.15) is 71.7 Å². The van der Waals surface area contributed by atoms with E-state index in [4.69, 9.17) is 4.74 Å². The number of thiophene rings is 1. The highest BCUT2D eigenvalue weighted by molar-refractivity contribution is 8.01. The molecule has 2 atom stereocenters. The van der Waals surface area contributed by atoms with Crippen LogP contribution in [0.25, 0.3) is 0 Å². The average molecular weight is 462 g/mol. The first kappa shape index (κ1) is 23.8. The number of amides is 1. The monoisotopic (exact) mass is 461 g/mol. The van der Waals surface area contributed by atoms with Crippen LogP contribution in [0.15, 0.2) is 36.4 Å². The number of hydrogen-bond acceptors (Lipinski definition) is 6.